The number of amides is 2. The fraction of sp³-hybridized carbons (Fsp3) is 0.440. The second-order valence-electron chi connectivity index (χ2n) is 8.80. The molecule has 2 aromatic rings. The van der Waals surface area contributed by atoms with Crippen molar-refractivity contribution in [2.75, 3.05) is 30.8 Å². The highest BCUT2D eigenvalue weighted by molar-refractivity contribution is 7.92. The van der Waals surface area contributed by atoms with E-state index in [9.17, 15) is 18.0 Å². The van der Waals surface area contributed by atoms with E-state index in [1.54, 1.807) is 38.3 Å². The summed E-state index contributed by atoms with van der Waals surface area (Å²) in [5.41, 5.74) is 0.960. The van der Waals surface area contributed by atoms with Crippen LogP contribution in [-0.2, 0) is 26.2 Å². The molecule has 2 rings (SSSR count). The number of carbonyl (C=O) groups is 2. The van der Waals surface area contributed by atoms with Gasteiger partial charge >= 0.3 is 0 Å². The SMILES string of the molecule is CCC(C(=O)NCC(C)C)N(Cc1ccc(OC)cc1)C(=O)CN(c1ccc(Cl)c(Cl)c1)S(C)(=O)=O. The zero-order valence-corrected chi connectivity index (χ0v) is 23.5. The molecule has 0 aromatic heterocycles. The second kappa shape index (κ2) is 13.2. The number of nitrogens with one attached hydrogen (secondary N) is 1. The van der Waals surface area contributed by atoms with Crippen LogP contribution in [-0.4, -0.2) is 57.6 Å². The Morgan fingerprint density at radius 3 is 2.19 bits per heavy atom. The van der Waals surface area contributed by atoms with Gasteiger partial charge in [-0.05, 0) is 48.2 Å². The molecular formula is C25H33Cl2N3O5S. The first-order valence-corrected chi connectivity index (χ1v) is 14.1. The lowest BCUT2D eigenvalue weighted by Crippen LogP contribution is -2.52. The maximum Gasteiger partial charge on any atom is 0.244 e. The summed E-state index contributed by atoms with van der Waals surface area (Å²) in [6.07, 6.45) is 1.35. The highest BCUT2D eigenvalue weighted by Crippen LogP contribution is 2.28. The molecule has 8 nitrogen and oxygen atoms in total. The first-order valence-electron chi connectivity index (χ1n) is 11.5. The molecule has 0 aliphatic heterocycles. The van der Waals surface area contributed by atoms with Crippen LogP contribution in [0.4, 0.5) is 5.69 Å². The summed E-state index contributed by atoms with van der Waals surface area (Å²) in [5.74, 6) is 0.0520. The van der Waals surface area contributed by atoms with Crippen molar-refractivity contribution in [1.82, 2.24) is 10.2 Å². The van der Waals surface area contributed by atoms with Gasteiger partial charge in [-0.2, -0.15) is 0 Å². The summed E-state index contributed by atoms with van der Waals surface area (Å²) in [6, 6.07) is 10.6. The Balaban J connectivity index is 2.43. The third-order valence-corrected chi connectivity index (χ3v) is 7.33. The quantitative estimate of drug-likeness (QED) is 0.418. The Labute approximate surface area is 223 Å². The highest BCUT2D eigenvalue weighted by atomic mass is 35.5. The molecule has 198 valence electrons. The van der Waals surface area contributed by atoms with Crippen molar-refractivity contribution >= 4 is 50.7 Å². The Hall–Kier alpha value is -2.49. The third kappa shape index (κ3) is 8.28. The fourth-order valence-electron chi connectivity index (χ4n) is 3.52. The summed E-state index contributed by atoms with van der Waals surface area (Å²) >= 11 is 12.1. The number of benzene rings is 2. The predicted octanol–water partition coefficient (Wildman–Crippen LogP) is 4.35. The standard InChI is InChI=1S/C25H33Cl2N3O5S/c1-6-23(25(32)28-14-17(2)3)29(15-18-7-10-20(35-4)11-8-18)24(31)16-30(36(5,33)34)19-9-12-21(26)22(27)13-19/h7-13,17,23H,6,14-16H2,1-5H3,(H,28,32). The minimum Gasteiger partial charge on any atom is -0.497 e. The van der Waals surface area contributed by atoms with Crippen LogP contribution in [0.5, 0.6) is 5.75 Å². The van der Waals surface area contributed by atoms with Gasteiger partial charge in [0.05, 0.1) is 29.1 Å². The Morgan fingerprint density at radius 1 is 1.06 bits per heavy atom. The molecule has 0 fully saturated rings. The molecule has 36 heavy (non-hydrogen) atoms. The third-order valence-electron chi connectivity index (χ3n) is 5.45. The zero-order valence-electron chi connectivity index (χ0n) is 21.1. The number of carbonyl (C=O) groups excluding carboxylic acids is 2. The van der Waals surface area contributed by atoms with Crippen LogP contribution in [0.25, 0.3) is 0 Å². The van der Waals surface area contributed by atoms with E-state index in [1.807, 2.05) is 13.8 Å². The summed E-state index contributed by atoms with van der Waals surface area (Å²) in [6.45, 7) is 5.81. The number of hydrogen-bond acceptors (Lipinski definition) is 5. The van der Waals surface area contributed by atoms with Gasteiger partial charge in [-0.15, -0.1) is 0 Å². The Bertz CT molecular complexity index is 1160. The van der Waals surface area contributed by atoms with Crippen LogP contribution < -0.4 is 14.4 Å². The number of halogens is 2. The Morgan fingerprint density at radius 2 is 1.69 bits per heavy atom. The van der Waals surface area contributed by atoms with Gasteiger partial charge in [0.25, 0.3) is 0 Å². The van der Waals surface area contributed by atoms with E-state index >= 15 is 0 Å². The van der Waals surface area contributed by atoms with Crippen LogP contribution >= 0.6 is 23.2 Å². The monoisotopic (exact) mass is 557 g/mol. The van der Waals surface area contributed by atoms with Crippen LogP contribution in [0, 0.1) is 5.92 Å². The molecule has 1 atom stereocenters. The molecule has 11 heteroatoms. The van der Waals surface area contributed by atoms with Gasteiger partial charge in [-0.3, -0.25) is 13.9 Å². The number of hydrogen-bond donors (Lipinski definition) is 1. The average molecular weight is 559 g/mol. The van der Waals surface area contributed by atoms with Gasteiger partial charge in [0.15, 0.2) is 0 Å². The molecule has 0 bridgehead atoms. The van der Waals surface area contributed by atoms with Gasteiger partial charge < -0.3 is 15.0 Å². The molecular weight excluding hydrogens is 525 g/mol. The number of rotatable bonds is 12. The molecule has 0 aliphatic carbocycles. The van der Waals surface area contributed by atoms with Crippen molar-refractivity contribution in [2.24, 2.45) is 5.92 Å². The molecule has 0 spiro atoms. The van der Waals surface area contributed by atoms with E-state index in [-0.39, 0.29) is 34.1 Å². The number of methoxy groups -OCH3 is 1. The van der Waals surface area contributed by atoms with Crippen molar-refractivity contribution in [1.29, 1.82) is 0 Å². The van der Waals surface area contributed by atoms with E-state index in [2.05, 4.69) is 5.32 Å². The average Bonchev–Trinajstić information content (AvgIpc) is 2.82. The first kappa shape index (κ1) is 29.7. The summed E-state index contributed by atoms with van der Waals surface area (Å²) in [5, 5.41) is 3.30. The number of ether oxygens (including phenoxy) is 1. The largest absolute Gasteiger partial charge is 0.497 e. The fourth-order valence-corrected chi connectivity index (χ4v) is 4.66. The second-order valence-corrected chi connectivity index (χ2v) is 11.5. The highest BCUT2D eigenvalue weighted by Gasteiger charge is 2.32. The summed E-state index contributed by atoms with van der Waals surface area (Å²) < 4.78 is 31.5. The minimum atomic E-state index is -3.87. The molecule has 1 unspecified atom stereocenters. The molecule has 0 radical (unpaired) electrons. The predicted molar refractivity (Wildman–Crippen MR) is 144 cm³/mol. The molecule has 0 heterocycles. The van der Waals surface area contributed by atoms with Gasteiger partial charge in [-0.1, -0.05) is 56.1 Å². The minimum absolute atomic E-state index is 0.107. The zero-order chi connectivity index (χ0) is 27.0. The number of nitrogens with zero attached hydrogens (tertiary/aromatic N) is 2. The maximum atomic E-state index is 13.7. The van der Waals surface area contributed by atoms with Gasteiger partial charge in [0.1, 0.15) is 18.3 Å². The maximum absolute atomic E-state index is 13.7. The van der Waals surface area contributed by atoms with Crippen molar-refractivity contribution in [3.63, 3.8) is 0 Å². The first-order chi connectivity index (χ1) is 16.9. The molecule has 0 saturated heterocycles. The summed E-state index contributed by atoms with van der Waals surface area (Å²) in [4.78, 5) is 28.1. The van der Waals surface area contributed by atoms with Gasteiger partial charge in [0, 0.05) is 13.1 Å². The molecule has 1 N–H and O–H groups in total. The van der Waals surface area contributed by atoms with Crippen molar-refractivity contribution < 1.29 is 22.7 Å². The normalized spacial score (nSPS) is 12.2. The van der Waals surface area contributed by atoms with Crippen LogP contribution in [0.15, 0.2) is 42.5 Å². The lowest BCUT2D eigenvalue weighted by atomic mass is 10.1. The van der Waals surface area contributed by atoms with Crippen molar-refractivity contribution in [3.05, 3.63) is 58.1 Å². The topological polar surface area (TPSA) is 96.0 Å². The molecule has 2 amide bonds. The summed E-state index contributed by atoms with van der Waals surface area (Å²) in [7, 11) is -2.31. The van der Waals surface area contributed by atoms with Crippen LogP contribution in [0.2, 0.25) is 10.0 Å². The van der Waals surface area contributed by atoms with Gasteiger partial charge in [-0.25, -0.2) is 8.42 Å². The smallest absolute Gasteiger partial charge is 0.244 e. The molecule has 0 saturated carbocycles. The lowest BCUT2D eigenvalue weighted by Gasteiger charge is -2.33. The van der Waals surface area contributed by atoms with E-state index in [0.717, 1.165) is 16.1 Å². The molecule has 2 aromatic carbocycles. The van der Waals surface area contributed by atoms with Crippen LogP contribution in [0.3, 0.4) is 0 Å². The van der Waals surface area contributed by atoms with E-state index in [0.29, 0.717) is 18.7 Å². The lowest BCUT2D eigenvalue weighted by molar-refractivity contribution is -0.140. The van der Waals surface area contributed by atoms with Crippen molar-refractivity contribution in [2.45, 2.75) is 39.8 Å². The van der Waals surface area contributed by atoms with Crippen LogP contribution in [0.1, 0.15) is 32.8 Å². The van der Waals surface area contributed by atoms with E-state index in [4.69, 9.17) is 27.9 Å². The van der Waals surface area contributed by atoms with E-state index < -0.39 is 28.5 Å². The van der Waals surface area contributed by atoms with Crippen molar-refractivity contribution in [3.8, 4) is 5.75 Å². The molecule has 0 aliphatic rings. The van der Waals surface area contributed by atoms with E-state index in [1.165, 1.54) is 23.1 Å². The van der Waals surface area contributed by atoms with Gasteiger partial charge in [0.2, 0.25) is 21.8 Å². The number of sulfonamides is 1. The Kier molecular flexibility index (Phi) is 10.9. The number of anilines is 1.